The van der Waals surface area contributed by atoms with E-state index in [1.807, 2.05) is 0 Å². The minimum absolute atomic E-state index is 0.389. The Morgan fingerprint density at radius 3 is 2.37 bits per heavy atom. The Kier molecular flexibility index (Phi) is 3.90. The number of aliphatic carboxylic acids is 1. The highest BCUT2D eigenvalue weighted by Crippen LogP contribution is 2.49. The Morgan fingerprint density at radius 2 is 1.89 bits per heavy atom. The molecule has 0 amide bonds. The van der Waals surface area contributed by atoms with E-state index in [9.17, 15) is 9.90 Å². The van der Waals surface area contributed by atoms with Crippen LogP contribution >= 0.6 is 11.6 Å². The molecule has 1 aliphatic carbocycles. The van der Waals surface area contributed by atoms with E-state index in [4.69, 9.17) is 21.1 Å². The molecule has 1 fully saturated rings. The van der Waals surface area contributed by atoms with E-state index in [1.54, 1.807) is 12.1 Å². The van der Waals surface area contributed by atoms with E-state index in [-0.39, 0.29) is 0 Å². The Bertz CT molecular complexity index is 492. The van der Waals surface area contributed by atoms with Gasteiger partial charge in [0, 0.05) is 11.6 Å². The van der Waals surface area contributed by atoms with Crippen molar-refractivity contribution in [2.45, 2.75) is 31.1 Å². The second-order valence-corrected chi connectivity index (χ2v) is 5.19. The van der Waals surface area contributed by atoms with Crippen molar-refractivity contribution in [2.75, 3.05) is 14.2 Å². The van der Waals surface area contributed by atoms with Crippen LogP contribution in [0.15, 0.2) is 12.1 Å². The normalized spacial score (nSPS) is 17.2. The van der Waals surface area contributed by atoms with E-state index < -0.39 is 11.4 Å². The number of halogens is 1. The molecule has 4 nitrogen and oxygen atoms in total. The largest absolute Gasteiger partial charge is 0.497 e. The van der Waals surface area contributed by atoms with Crippen LogP contribution in [0.5, 0.6) is 11.5 Å². The van der Waals surface area contributed by atoms with Crippen LogP contribution < -0.4 is 9.47 Å². The van der Waals surface area contributed by atoms with Crippen molar-refractivity contribution >= 4 is 17.6 Å². The molecule has 0 aliphatic heterocycles. The third kappa shape index (κ3) is 2.25. The lowest BCUT2D eigenvalue weighted by molar-refractivity contribution is -0.143. The standard InChI is InChI=1S/C14H17ClO4/c1-18-9-7-10(15)12(11(8-9)19-2)14(13(16)17)5-3-4-6-14/h7-8H,3-6H2,1-2H3,(H,16,17). The lowest BCUT2D eigenvalue weighted by atomic mass is 9.78. The van der Waals surface area contributed by atoms with Gasteiger partial charge in [0.2, 0.25) is 0 Å². The molecular formula is C14H17ClO4. The first-order chi connectivity index (χ1) is 9.05. The van der Waals surface area contributed by atoms with Crippen LogP contribution in [0, 0.1) is 0 Å². The second kappa shape index (κ2) is 5.29. The molecule has 104 valence electrons. The van der Waals surface area contributed by atoms with Crippen LogP contribution in [-0.4, -0.2) is 25.3 Å². The summed E-state index contributed by atoms with van der Waals surface area (Å²) in [5.74, 6) is 0.202. The maximum atomic E-state index is 11.8. The molecule has 5 heteroatoms. The summed E-state index contributed by atoms with van der Waals surface area (Å²) in [5.41, 5.74) is -0.364. The van der Waals surface area contributed by atoms with Crippen LogP contribution in [0.2, 0.25) is 5.02 Å². The average Bonchev–Trinajstić information content (AvgIpc) is 2.87. The third-order valence-corrected chi connectivity index (χ3v) is 4.13. The minimum Gasteiger partial charge on any atom is -0.497 e. The molecule has 2 rings (SSSR count). The van der Waals surface area contributed by atoms with E-state index in [0.29, 0.717) is 34.9 Å². The van der Waals surface area contributed by atoms with Crippen LogP contribution in [0.4, 0.5) is 0 Å². The fourth-order valence-corrected chi connectivity index (χ4v) is 3.23. The number of ether oxygens (including phenoxy) is 2. The molecule has 1 N–H and O–H groups in total. The second-order valence-electron chi connectivity index (χ2n) is 4.78. The Hall–Kier alpha value is -1.42. The van der Waals surface area contributed by atoms with Gasteiger partial charge in [0.1, 0.15) is 11.5 Å². The zero-order valence-electron chi connectivity index (χ0n) is 11.0. The number of carboxylic acids is 1. The van der Waals surface area contributed by atoms with Gasteiger partial charge in [-0.1, -0.05) is 24.4 Å². The zero-order chi connectivity index (χ0) is 14.0. The molecule has 19 heavy (non-hydrogen) atoms. The zero-order valence-corrected chi connectivity index (χ0v) is 11.8. The van der Waals surface area contributed by atoms with E-state index in [1.165, 1.54) is 14.2 Å². The first-order valence-corrected chi connectivity index (χ1v) is 6.58. The molecule has 1 aliphatic rings. The van der Waals surface area contributed by atoms with Crippen molar-refractivity contribution < 1.29 is 19.4 Å². The van der Waals surface area contributed by atoms with Crippen molar-refractivity contribution in [1.82, 2.24) is 0 Å². The van der Waals surface area contributed by atoms with Crippen LogP contribution in [-0.2, 0) is 10.2 Å². The molecule has 0 unspecified atom stereocenters. The number of rotatable bonds is 4. The summed E-state index contributed by atoms with van der Waals surface area (Å²) in [6.45, 7) is 0. The highest BCUT2D eigenvalue weighted by atomic mass is 35.5. The molecule has 1 aromatic rings. The van der Waals surface area contributed by atoms with Gasteiger partial charge in [0.25, 0.3) is 0 Å². The molecule has 0 radical (unpaired) electrons. The van der Waals surface area contributed by atoms with Crippen molar-refractivity contribution in [3.8, 4) is 11.5 Å². The van der Waals surface area contributed by atoms with E-state index in [2.05, 4.69) is 0 Å². The summed E-state index contributed by atoms with van der Waals surface area (Å²) in [5, 5.41) is 10.0. The molecule has 1 saturated carbocycles. The topological polar surface area (TPSA) is 55.8 Å². The maximum absolute atomic E-state index is 11.8. The van der Waals surface area contributed by atoms with Gasteiger partial charge in [-0.25, -0.2) is 0 Å². The first-order valence-electron chi connectivity index (χ1n) is 6.20. The molecule has 0 atom stereocenters. The van der Waals surface area contributed by atoms with Crippen molar-refractivity contribution in [1.29, 1.82) is 0 Å². The summed E-state index contributed by atoms with van der Waals surface area (Å²) >= 11 is 6.28. The summed E-state index contributed by atoms with van der Waals surface area (Å²) in [6.07, 6.45) is 2.95. The first kappa shape index (κ1) is 14.0. The van der Waals surface area contributed by atoms with Crippen molar-refractivity contribution in [3.05, 3.63) is 22.7 Å². The monoisotopic (exact) mass is 284 g/mol. The number of hydrogen-bond donors (Lipinski definition) is 1. The summed E-state index contributed by atoms with van der Waals surface area (Å²) in [7, 11) is 3.05. The predicted molar refractivity (Wildman–Crippen MR) is 72.3 cm³/mol. The molecule has 0 aromatic heterocycles. The van der Waals surface area contributed by atoms with Gasteiger partial charge in [-0.2, -0.15) is 0 Å². The maximum Gasteiger partial charge on any atom is 0.314 e. The van der Waals surface area contributed by atoms with Gasteiger partial charge in [0.15, 0.2) is 0 Å². The number of methoxy groups -OCH3 is 2. The van der Waals surface area contributed by atoms with Crippen molar-refractivity contribution in [3.63, 3.8) is 0 Å². The Balaban J connectivity index is 2.63. The quantitative estimate of drug-likeness (QED) is 0.922. The summed E-state index contributed by atoms with van der Waals surface area (Å²) < 4.78 is 10.5. The average molecular weight is 285 g/mol. The number of benzene rings is 1. The number of hydrogen-bond acceptors (Lipinski definition) is 3. The third-order valence-electron chi connectivity index (χ3n) is 3.83. The number of carboxylic acid groups (broad SMARTS) is 1. The summed E-state index contributed by atoms with van der Waals surface area (Å²) in [6, 6.07) is 3.33. The van der Waals surface area contributed by atoms with Gasteiger partial charge < -0.3 is 14.6 Å². The highest BCUT2D eigenvalue weighted by molar-refractivity contribution is 6.32. The highest BCUT2D eigenvalue weighted by Gasteiger charge is 2.46. The lowest BCUT2D eigenvalue weighted by Crippen LogP contribution is -2.33. The Labute approximate surface area is 117 Å². The van der Waals surface area contributed by atoms with Gasteiger partial charge >= 0.3 is 5.97 Å². The molecule has 0 heterocycles. The number of carbonyl (C=O) groups is 1. The predicted octanol–water partition coefficient (Wildman–Crippen LogP) is 3.25. The van der Waals surface area contributed by atoms with Crippen LogP contribution in [0.25, 0.3) is 0 Å². The van der Waals surface area contributed by atoms with E-state index >= 15 is 0 Å². The van der Waals surface area contributed by atoms with Gasteiger partial charge in [-0.3, -0.25) is 4.79 Å². The smallest absolute Gasteiger partial charge is 0.314 e. The van der Waals surface area contributed by atoms with Gasteiger partial charge in [0.05, 0.1) is 24.7 Å². The Morgan fingerprint density at radius 1 is 1.26 bits per heavy atom. The molecule has 1 aromatic carbocycles. The SMILES string of the molecule is COc1cc(Cl)c(C2(C(=O)O)CCCC2)c(OC)c1. The lowest BCUT2D eigenvalue weighted by Gasteiger charge is -2.27. The minimum atomic E-state index is -0.936. The summed E-state index contributed by atoms with van der Waals surface area (Å²) in [4.78, 5) is 11.8. The fourth-order valence-electron chi connectivity index (χ4n) is 2.85. The van der Waals surface area contributed by atoms with E-state index in [0.717, 1.165) is 12.8 Å². The van der Waals surface area contributed by atoms with Gasteiger partial charge in [-0.05, 0) is 18.9 Å². The van der Waals surface area contributed by atoms with Crippen molar-refractivity contribution in [2.24, 2.45) is 0 Å². The van der Waals surface area contributed by atoms with Gasteiger partial charge in [-0.15, -0.1) is 0 Å². The van der Waals surface area contributed by atoms with Crippen LogP contribution in [0.1, 0.15) is 31.2 Å². The van der Waals surface area contributed by atoms with Crippen LogP contribution in [0.3, 0.4) is 0 Å². The molecule has 0 saturated heterocycles. The molecule has 0 spiro atoms. The molecule has 0 bridgehead atoms. The fraction of sp³-hybridized carbons (Fsp3) is 0.500. The molecular weight excluding hydrogens is 268 g/mol.